The van der Waals surface area contributed by atoms with E-state index in [1.807, 2.05) is 6.08 Å². The summed E-state index contributed by atoms with van der Waals surface area (Å²) in [7, 11) is 0. The number of piperidine rings is 1. The highest BCUT2D eigenvalue weighted by molar-refractivity contribution is 8.26. The molecule has 36 heavy (non-hydrogen) atoms. The molecule has 2 aliphatic rings. The third kappa shape index (κ3) is 5.50. The van der Waals surface area contributed by atoms with Crippen molar-refractivity contribution in [3.8, 4) is 0 Å². The molecule has 0 aliphatic carbocycles. The summed E-state index contributed by atoms with van der Waals surface area (Å²) in [6, 6.07) is 19.4. The standard InChI is InChI=1S/C30H33N3OS2/c1-3-4-14-33-29(34)27(36-30(33)35)20-25-19-24-17-21(2)10-11-26(24)31-28(25)32-15-12-23(13-16-32)18-22-8-6-5-7-9-22/h5-11,17,19-20,23H,3-4,12-16,18H2,1-2H3/b27-20-. The van der Waals surface area contributed by atoms with Crippen LogP contribution in [0.3, 0.4) is 0 Å². The first-order chi connectivity index (χ1) is 17.5. The number of carbonyl (C=O) groups excluding carboxylic acids is 1. The summed E-state index contributed by atoms with van der Waals surface area (Å²) in [5.74, 6) is 1.68. The summed E-state index contributed by atoms with van der Waals surface area (Å²) >= 11 is 6.96. The minimum Gasteiger partial charge on any atom is -0.356 e. The van der Waals surface area contributed by atoms with Gasteiger partial charge in [0.2, 0.25) is 0 Å². The second-order valence-electron chi connectivity index (χ2n) is 9.90. The number of amides is 1. The fourth-order valence-electron chi connectivity index (χ4n) is 5.11. The van der Waals surface area contributed by atoms with Gasteiger partial charge in [-0.05, 0) is 68.4 Å². The summed E-state index contributed by atoms with van der Waals surface area (Å²) in [4.78, 5) is 23.1. The number of unbranched alkanes of at least 4 members (excludes halogenated alkanes) is 1. The second kappa shape index (κ2) is 11.1. The largest absolute Gasteiger partial charge is 0.356 e. The minimum atomic E-state index is 0.0234. The van der Waals surface area contributed by atoms with Gasteiger partial charge in [0.25, 0.3) is 5.91 Å². The van der Waals surface area contributed by atoms with E-state index in [4.69, 9.17) is 17.2 Å². The smallest absolute Gasteiger partial charge is 0.266 e. The van der Waals surface area contributed by atoms with Crippen LogP contribution in [0.2, 0.25) is 0 Å². The molecule has 0 N–H and O–H groups in total. The maximum atomic E-state index is 13.2. The van der Waals surface area contributed by atoms with Gasteiger partial charge in [-0.3, -0.25) is 9.69 Å². The Labute approximate surface area is 223 Å². The Hall–Kier alpha value is -2.70. The molecule has 0 unspecified atom stereocenters. The number of thioether (sulfide) groups is 1. The molecule has 0 atom stereocenters. The molecule has 3 heterocycles. The Morgan fingerprint density at radius 1 is 1.11 bits per heavy atom. The van der Waals surface area contributed by atoms with E-state index in [0.29, 0.717) is 21.7 Å². The highest BCUT2D eigenvalue weighted by atomic mass is 32.2. The van der Waals surface area contributed by atoms with Gasteiger partial charge >= 0.3 is 0 Å². The molecule has 5 rings (SSSR count). The predicted octanol–water partition coefficient (Wildman–Crippen LogP) is 7.00. The number of anilines is 1. The van der Waals surface area contributed by atoms with Crippen LogP contribution in [-0.2, 0) is 11.2 Å². The number of rotatable bonds is 7. The molecule has 4 nitrogen and oxygen atoms in total. The van der Waals surface area contributed by atoms with Crippen molar-refractivity contribution in [2.75, 3.05) is 24.5 Å². The molecule has 1 aromatic heterocycles. The zero-order chi connectivity index (χ0) is 25.1. The number of nitrogens with zero attached hydrogens (tertiary/aromatic N) is 3. The van der Waals surface area contributed by atoms with Gasteiger partial charge in [-0.1, -0.05) is 79.3 Å². The first-order valence-corrected chi connectivity index (χ1v) is 14.2. The maximum Gasteiger partial charge on any atom is 0.266 e. The van der Waals surface area contributed by atoms with Crippen molar-refractivity contribution < 1.29 is 4.79 Å². The van der Waals surface area contributed by atoms with Gasteiger partial charge in [0.15, 0.2) is 0 Å². The highest BCUT2D eigenvalue weighted by Crippen LogP contribution is 2.36. The lowest BCUT2D eigenvalue weighted by Gasteiger charge is -2.34. The molecule has 2 fully saturated rings. The first-order valence-electron chi connectivity index (χ1n) is 13.0. The van der Waals surface area contributed by atoms with Crippen LogP contribution in [0.25, 0.3) is 17.0 Å². The fourth-order valence-corrected chi connectivity index (χ4v) is 6.41. The van der Waals surface area contributed by atoms with Crippen molar-refractivity contribution in [3.63, 3.8) is 0 Å². The predicted molar refractivity (Wildman–Crippen MR) is 156 cm³/mol. The zero-order valence-corrected chi connectivity index (χ0v) is 22.7. The van der Waals surface area contributed by atoms with Gasteiger partial charge in [0.05, 0.1) is 10.4 Å². The highest BCUT2D eigenvalue weighted by Gasteiger charge is 2.32. The number of thiocarbonyl (C=S) groups is 1. The van der Waals surface area contributed by atoms with Crippen LogP contribution in [0.1, 0.15) is 49.3 Å². The lowest BCUT2D eigenvalue weighted by atomic mass is 9.90. The number of benzene rings is 2. The summed E-state index contributed by atoms with van der Waals surface area (Å²) in [6.07, 6.45) is 7.42. The number of aromatic nitrogens is 1. The van der Waals surface area contributed by atoms with Crippen molar-refractivity contribution in [3.05, 3.63) is 76.2 Å². The summed E-state index contributed by atoms with van der Waals surface area (Å²) in [6.45, 7) is 6.87. The molecular weight excluding hydrogens is 482 g/mol. The lowest BCUT2D eigenvalue weighted by molar-refractivity contribution is -0.122. The third-order valence-corrected chi connectivity index (χ3v) is 8.53. The van der Waals surface area contributed by atoms with E-state index in [9.17, 15) is 4.79 Å². The Bertz CT molecular complexity index is 1300. The number of carbonyl (C=O) groups is 1. The van der Waals surface area contributed by atoms with Crippen LogP contribution in [-0.4, -0.2) is 39.7 Å². The van der Waals surface area contributed by atoms with E-state index in [1.165, 1.54) is 22.9 Å². The van der Waals surface area contributed by atoms with E-state index < -0.39 is 0 Å². The molecule has 1 amide bonds. The van der Waals surface area contributed by atoms with E-state index in [1.54, 1.807) is 4.90 Å². The van der Waals surface area contributed by atoms with Crippen molar-refractivity contribution in [1.29, 1.82) is 0 Å². The lowest BCUT2D eigenvalue weighted by Crippen LogP contribution is -2.35. The van der Waals surface area contributed by atoms with Crippen LogP contribution < -0.4 is 4.90 Å². The fraction of sp³-hybridized carbons (Fsp3) is 0.367. The number of aryl methyl sites for hydroxylation is 1. The normalized spacial score (nSPS) is 18.1. The van der Waals surface area contributed by atoms with Gasteiger partial charge in [-0.2, -0.15) is 0 Å². The van der Waals surface area contributed by atoms with Crippen molar-refractivity contribution in [1.82, 2.24) is 9.88 Å². The van der Waals surface area contributed by atoms with Crippen molar-refractivity contribution in [2.45, 2.75) is 46.0 Å². The molecule has 0 spiro atoms. The van der Waals surface area contributed by atoms with E-state index in [2.05, 4.69) is 73.3 Å². The molecule has 0 radical (unpaired) electrons. The third-order valence-electron chi connectivity index (χ3n) is 7.16. The van der Waals surface area contributed by atoms with Gasteiger partial charge in [0.1, 0.15) is 10.1 Å². The van der Waals surface area contributed by atoms with E-state index >= 15 is 0 Å². The monoisotopic (exact) mass is 515 g/mol. The molecule has 6 heteroatoms. The molecule has 2 saturated heterocycles. The summed E-state index contributed by atoms with van der Waals surface area (Å²) in [5, 5.41) is 1.10. The second-order valence-corrected chi connectivity index (χ2v) is 11.6. The minimum absolute atomic E-state index is 0.0234. The maximum absolute atomic E-state index is 13.2. The molecular formula is C30H33N3OS2. The van der Waals surface area contributed by atoms with Crippen molar-refractivity contribution in [2.24, 2.45) is 5.92 Å². The molecule has 3 aromatic rings. The Kier molecular flexibility index (Phi) is 7.73. The molecule has 0 saturated carbocycles. The van der Waals surface area contributed by atoms with Crippen molar-refractivity contribution >= 4 is 57.0 Å². The molecule has 2 aliphatic heterocycles. The van der Waals surface area contributed by atoms with Crippen LogP contribution >= 0.6 is 24.0 Å². The topological polar surface area (TPSA) is 36.4 Å². The number of fused-ring (bicyclic) bond motifs is 1. The first kappa shape index (κ1) is 25.0. The Morgan fingerprint density at radius 2 is 1.89 bits per heavy atom. The molecule has 2 aromatic carbocycles. The van der Waals surface area contributed by atoms with Gasteiger partial charge < -0.3 is 4.90 Å². The summed E-state index contributed by atoms with van der Waals surface area (Å²) in [5.41, 5.74) is 4.62. The number of pyridine rings is 1. The van der Waals surface area contributed by atoms with Crippen LogP contribution in [0.4, 0.5) is 5.82 Å². The number of hydrogen-bond acceptors (Lipinski definition) is 5. The molecule has 186 valence electrons. The Balaban J connectivity index is 1.42. The quantitative estimate of drug-likeness (QED) is 0.250. The van der Waals surface area contributed by atoms with Gasteiger partial charge in [-0.15, -0.1) is 0 Å². The van der Waals surface area contributed by atoms with Gasteiger partial charge in [0, 0.05) is 30.6 Å². The average molecular weight is 516 g/mol. The number of hydrogen-bond donors (Lipinski definition) is 0. The Morgan fingerprint density at radius 3 is 2.64 bits per heavy atom. The van der Waals surface area contributed by atoms with Gasteiger partial charge in [-0.25, -0.2) is 4.98 Å². The van der Waals surface area contributed by atoms with E-state index in [0.717, 1.165) is 67.5 Å². The summed E-state index contributed by atoms with van der Waals surface area (Å²) < 4.78 is 0.660. The van der Waals surface area contributed by atoms with E-state index in [-0.39, 0.29) is 5.91 Å². The van der Waals surface area contributed by atoms with Crippen LogP contribution in [0.15, 0.2) is 59.5 Å². The van der Waals surface area contributed by atoms with Crippen LogP contribution in [0.5, 0.6) is 0 Å². The van der Waals surface area contributed by atoms with Crippen LogP contribution in [0, 0.1) is 12.8 Å². The SMILES string of the molecule is CCCCN1C(=O)/C(=C/c2cc3cc(C)ccc3nc2N2CCC(Cc3ccccc3)CC2)SC1=S. The molecule has 0 bridgehead atoms. The average Bonchev–Trinajstić information content (AvgIpc) is 3.15. The zero-order valence-electron chi connectivity index (χ0n) is 21.1.